The second kappa shape index (κ2) is 6.70. The number of hydrogen-bond donors (Lipinski definition) is 2. The molecule has 0 saturated heterocycles. The van der Waals surface area contributed by atoms with Crippen LogP contribution in [-0.2, 0) is 0 Å². The quantitative estimate of drug-likeness (QED) is 0.771. The Morgan fingerprint density at radius 3 is 2.53 bits per heavy atom. The zero-order valence-corrected chi connectivity index (χ0v) is 13.0. The minimum atomic E-state index is 0.00274. The molecule has 0 atom stereocenters. The van der Waals surface area contributed by atoms with Crippen molar-refractivity contribution in [3.8, 4) is 0 Å². The van der Waals surface area contributed by atoms with Crippen molar-refractivity contribution >= 4 is 11.6 Å². The second-order valence-electron chi connectivity index (χ2n) is 5.91. The molecule has 0 unspecified atom stereocenters. The molecule has 108 valence electrons. The van der Waals surface area contributed by atoms with Crippen molar-refractivity contribution in [3.63, 3.8) is 0 Å². The third-order valence-electron chi connectivity index (χ3n) is 2.64. The normalized spacial score (nSPS) is 11.5. The zero-order chi connectivity index (χ0) is 14.5. The maximum absolute atomic E-state index is 4.50. The van der Waals surface area contributed by atoms with E-state index in [0.717, 1.165) is 37.0 Å². The fraction of sp³-hybridized carbons (Fsp3) is 0.714. The van der Waals surface area contributed by atoms with Gasteiger partial charge in [-0.2, -0.15) is 0 Å². The van der Waals surface area contributed by atoms with Crippen LogP contribution in [0.3, 0.4) is 0 Å². The van der Waals surface area contributed by atoms with Crippen LogP contribution in [0.1, 0.15) is 33.0 Å². The van der Waals surface area contributed by atoms with Crippen LogP contribution in [0.5, 0.6) is 0 Å². The molecule has 0 fully saturated rings. The molecule has 1 aromatic heterocycles. The van der Waals surface area contributed by atoms with Crippen LogP contribution in [0.15, 0.2) is 6.07 Å². The van der Waals surface area contributed by atoms with E-state index in [0.29, 0.717) is 0 Å². The van der Waals surface area contributed by atoms with E-state index in [1.165, 1.54) is 0 Å². The van der Waals surface area contributed by atoms with Gasteiger partial charge < -0.3 is 15.5 Å². The number of aromatic nitrogens is 2. The molecule has 0 aliphatic rings. The predicted molar refractivity (Wildman–Crippen MR) is 82.0 cm³/mol. The van der Waals surface area contributed by atoms with Crippen LogP contribution in [0, 0.1) is 6.92 Å². The molecule has 0 spiro atoms. The Morgan fingerprint density at radius 1 is 1.26 bits per heavy atom. The summed E-state index contributed by atoms with van der Waals surface area (Å²) in [7, 11) is 4.04. The molecule has 5 heteroatoms. The van der Waals surface area contributed by atoms with Gasteiger partial charge in [-0.25, -0.2) is 9.97 Å². The Hall–Kier alpha value is -1.36. The van der Waals surface area contributed by atoms with E-state index in [-0.39, 0.29) is 5.54 Å². The molecule has 1 heterocycles. The summed E-state index contributed by atoms with van der Waals surface area (Å²) in [4.78, 5) is 11.1. The molecule has 0 aliphatic heterocycles. The summed E-state index contributed by atoms with van der Waals surface area (Å²) in [5.74, 6) is 2.65. The van der Waals surface area contributed by atoms with E-state index >= 15 is 0 Å². The minimum absolute atomic E-state index is 0.00274. The molecule has 1 rings (SSSR count). The Kier molecular flexibility index (Phi) is 5.54. The highest BCUT2D eigenvalue weighted by Gasteiger charge is 2.12. The van der Waals surface area contributed by atoms with Crippen molar-refractivity contribution in [2.24, 2.45) is 0 Å². The molecule has 0 aromatic carbocycles. The van der Waals surface area contributed by atoms with Crippen LogP contribution in [-0.4, -0.2) is 42.7 Å². The Labute approximate surface area is 116 Å². The maximum atomic E-state index is 4.50. The fourth-order valence-electron chi connectivity index (χ4n) is 1.80. The van der Waals surface area contributed by atoms with Crippen molar-refractivity contribution in [2.75, 3.05) is 37.4 Å². The molecule has 2 N–H and O–H groups in total. The van der Waals surface area contributed by atoms with E-state index in [9.17, 15) is 0 Å². The first-order chi connectivity index (χ1) is 8.81. The SMILES string of the molecule is CNCCCN(C)c1cc(NC(C)(C)C)nc(C)n1. The summed E-state index contributed by atoms with van der Waals surface area (Å²) in [6.45, 7) is 10.3. The van der Waals surface area contributed by atoms with E-state index < -0.39 is 0 Å². The molecular weight excluding hydrogens is 238 g/mol. The highest BCUT2D eigenvalue weighted by molar-refractivity contribution is 5.49. The highest BCUT2D eigenvalue weighted by Crippen LogP contribution is 2.18. The number of nitrogens with zero attached hydrogens (tertiary/aromatic N) is 3. The number of anilines is 2. The van der Waals surface area contributed by atoms with Gasteiger partial charge in [-0.1, -0.05) is 0 Å². The molecule has 0 saturated carbocycles. The van der Waals surface area contributed by atoms with E-state index in [4.69, 9.17) is 0 Å². The molecule has 19 heavy (non-hydrogen) atoms. The third kappa shape index (κ3) is 5.87. The lowest BCUT2D eigenvalue weighted by atomic mass is 10.1. The van der Waals surface area contributed by atoms with Gasteiger partial charge in [0.2, 0.25) is 0 Å². The Morgan fingerprint density at radius 2 is 1.95 bits per heavy atom. The van der Waals surface area contributed by atoms with Crippen LogP contribution in [0.4, 0.5) is 11.6 Å². The first-order valence-electron chi connectivity index (χ1n) is 6.81. The molecular formula is C14H27N5. The second-order valence-corrected chi connectivity index (χ2v) is 5.91. The molecule has 1 aromatic rings. The summed E-state index contributed by atoms with van der Waals surface area (Å²) in [5.41, 5.74) is 0.00274. The fourth-order valence-corrected chi connectivity index (χ4v) is 1.80. The topological polar surface area (TPSA) is 53.1 Å². The summed E-state index contributed by atoms with van der Waals surface area (Å²) in [5, 5.41) is 6.55. The first-order valence-corrected chi connectivity index (χ1v) is 6.81. The van der Waals surface area contributed by atoms with Gasteiger partial charge in [0, 0.05) is 25.2 Å². The van der Waals surface area contributed by atoms with Crippen LogP contribution >= 0.6 is 0 Å². The van der Waals surface area contributed by atoms with E-state index in [1.54, 1.807) is 0 Å². The molecule has 0 bridgehead atoms. The van der Waals surface area contributed by atoms with E-state index in [2.05, 4.69) is 53.3 Å². The number of nitrogens with one attached hydrogen (secondary N) is 2. The van der Waals surface area contributed by atoms with Crippen molar-refractivity contribution in [3.05, 3.63) is 11.9 Å². The first kappa shape index (κ1) is 15.7. The lowest BCUT2D eigenvalue weighted by Crippen LogP contribution is -2.28. The van der Waals surface area contributed by atoms with Crippen LogP contribution in [0.25, 0.3) is 0 Å². The van der Waals surface area contributed by atoms with Crippen molar-refractivity contribution in [1.29, 1.82) is 0 Å². The highest BCUT2D eigenvalue weighted by atomic mass is 15.2. The molecule has 0 aliphatic carbocycles. The van der Waals surface area contributed by atoms with Gasteiger partial charge in [0.1, 0.15) is 17.5 Å². The van der Waals surface area contributed by atoms with Gasteiger partial charge in [-0.3, -0.25) is 0 Å². The number of rotatable bonds is 6. The summed E-state index contributed by atoms with van der Waals surface area (Å²) in [6.07, 6.45) is 1.10. The lowest BCUT2D eigenvalue weighted by molar-refractivity contribution is 0.629. The molecule has 0 amide bonds. The van der Waals surface area contributed by atoms with Crippen molar-refractivity contribution < 1.29 is 0 Å². The Balaban J connectivity index is 2.78. The zero-order valence-electron chi connectivity index (χ0n) is 13.0. The van der Waals surface area contributed by atoms with Gasteiger partial charge in [0.25, 0.3) is 0 Å². The largest absolute Gasteiger partial charge is 0.365 e. The van der Waals surface area contributed by atoms with Crippen LogP contribution in [0.2, 0.25) is 0 Å². The van der Waals surface area contributed by atoms with Gasteiger partial charge in [-0.15, -0.1) is 0 Å². The summed E-state index contributed by atoms with van der Waals surface area (Å²) in [6, 6.07) is 2.01. The van der Waals surface area contributed by atoms with Crippen molar-refractivity contribution in [1.82, 2.24) is 15.3 Å². The lowest BCUT2D eigenvalue weighted by Gasteiger charge is -2.23. The maximum Gasteiger partial charge on any atom is 0.134 e. The summed E-state index contributed by atoms with van der Waals surface area (Å²) < 4.78 is 0. The Bertz CT molecular complexity index is 397. The van der Waals surface area contributed by atoms with Gasteiger partial charge in [0.15, 0.2) is 0 Å². The summed E-state index contributed by atoms with van der Waals surface area (Å²) >= 11 is 0. The van der Waals surface area contributed by atoms with Gasteiger partial charge in [-0.05, 0) is 47.7 Å². The third-order valence-corrected chi connectivity index (χ3v) is 2.64. The minimum Gasteiger partial charge on any atom is -0.365 e. The van der Waals surface area contributed by atoms with E-state index in [1.807, 2.05) is 20.0 Å². The predicted octanol–water partition coefficient (Wildman–Crippen LogP) is 2.04. The average Bonchev–Trinajstić information content (AvgIpc) is 2.26. The van der Waals surface area contributed by atoms with Crippen LogP contribution < -0.4 is 15.5 Å². The van der Waals surface area contributed by atoms with Crippen molar-refractivity contribution in [2.45, 2.75) is 39.7 Å². The van der Waals surface area contributed by atoms with Gasteiger partial charge >= 0.3 is 0 Å². The monoisotopic (exact) mass is 265 g/mol. The number of aryl methyl sites for hydroxylation is 1. The standard InChI is InChI=1S/C14H27N5/c1-11-16-12(18-14(2,3)4)10-13(17-11)19(6)9-7-8-15-5/h10,15H,7-9H2,1-6H3,(H,16,17,18). The molecule has 0 radical (unpaired) electrons. The average molecular weight is 265 g/mol. The van der Waals surface area contributed by atoms with Gasteiger partial charge in [0.05, 0.1) is 0 Å². The molecule has 5 nitrogen and oxygen atoms in total. The number of hydrogen-bond acceptors (Lipinski definition) is 5. The smallest absolute Gasteiger partial charge is 0.134 e.